The highest BCUT2D eigenvalue weighted by Crippen LogP contribution is 2.31. The van der Waals surface area contributed by atoms with E-state index in [9.17, 15) is 18.0 Å². The first-order valence-corrected chi connectivity index (χ1v) is 7.71. The Morgan fingerprint density at radius 3 is 2.61 bits per heavy atom. The zero-order valence-electron chi connectivity index (χ0n) is 13.8. The van der Waals surface area contributed by atoms with Crippen molar-refractivity contribution in [1.29, 1.82) is 0 Å². The van der Waals surface area contributed by atoms with Crippen molar-refractivity contribution in [1.82, 2.24) is 10.2 Å². The molecular weight excluding hydrogens is 305 g/mol. The van der Waals surface area contributed by atoms with E-state index < -0.39 is 17.7 Å². The molecule has 0 radical (unpaired) electrons. The lowest BCUT2D eigenvalue weighted by Gasteiger charge is -2.41. The molecule has 2 atom stereocenters. The Hall–Kier alpha value is -1.56. The van der Waals surface area contributed by atoms with Crippen LogP contribution in [0.5, 0.6) is 0 Å². The second-order valence-corrected chi connectivity index (χ2v) is 5.67. The van der Waals surface area contributed by atoms with Crippen molar-refractivity contribution >= 4 is 5.91 Å². The van der Waals surface area contributed by atoms with Crippen LogP contribution in [0.2, 0.25) is 0 Å². The number of allylic oxidation sites excluding steroid dienone is 4. The van der Waals surface area contributed by atoms with Gasteiger partial charge in [-0.1, -0.05) is 13.0 Å². The zero-order valence-corrected chi connectivity index (χ0v) is 13.8. The molecule has 0 aromatic rings. The van der Waals surface area contributed by atoms with E-state index in [0.717, 1.165) is 6.08 Å². The van der Waals surface area contributed by atoms with Crippen LogP contribution < -0.4 is 5.32 Å². The molecule has 0 aromatic heterocycles. The van der Waals surface area contributed by atoms with E-state index in [4.69, 9.17) is 0 Å². The van der Waals surface area contributed by atoms with Crippen molar-refractivity contribution in [2.24, 2.45) is 0 Å². The van der Waals surface area contributed by atoms with E-state index in [0.29, 0.717) is 19.5 Å². The van der Waals surface area contributed by atoms with Gasteiger partial charge in [-0.25, -0.2) is 0 Å². The normalized spacial score (nSPS) is 23.8. The largest absolute Gasteiger partial charge is 0.500 e. The van der Waals surface area contributed by atoms with Crippen LogP contribution in [-0.2, 0) is 4.79 Å². The number of hydrogen-bond acceptors (Lipinski definition) is 2. The molecule has 3 nitrogen and oxygen atoms in total. The Morgan fingerprint density at radius 1 is 1.43 bits per heavy atom. The van der Waals surface area contributed by atoms with Gasteiger partial charge in [0.05, 0.1) is 5.57 Å². The highest BCUT2D eigenvalue weighted by Gasteiger charge is 2.38. The minimum atomic E-state index is -4.57. The van der Waals surface area contributed by atoms with Crippen molar-refractivity contribution in [3.05, 3.63) is 36.0 Å². The molecule has 0 spiro atoms. The smallest absolute Gasteiger partial charge is 0.416 e. The van der Waals surface area contributed by atoms with Gasteiger partial charge in [0.1, 0.15) is 0 Å². The van der Waals surface area contributed by atoms with Crippen LogP contribution in [0.25, 0.3) is 0 Å². The summed E-state index contributed by atoms with van der Waals surface area (Å²) in [4.78, 5) is 14.3. The van der Waals surface area contributed by atoms with Crippen LogP contribution in [0, 0.1) is 6.08 Å². The number of hydrogen-bond donors (Lipinski definition) is 1. The molecule has 2 unspecified atom stereocenters. The molecule has 1 aliphatic rings. The molecule has 1 aliphatic heterocycles. The van der Waals surface area contributed by atoms with Crippen molar-refractivity contribution in [3.8, 4) is 0 Å². The third-order valence-electron chi connectivity index (χ3n) is 3.97. The number of carbonyl (C=O) groups is 1. The monoisotopic (exact) mass is 329 g/mol. The molecule has 23 heavy (non-hydrogen) atoms. The minimum Gasteiger partial charge on any atom is -0.500 e. The second kappa shape index (κ2) is 8.34. The Morgan fingerprint density at radius 2 is 2.09 bits per heavy atom. The fourth-order valence-electron chi connectivity index (χ4n) is 2.72. The van der Waals surface area contributed by atoms with Gasteiger partial charge in [0, 0.05) is 30.7 Å². The van der Waals surface area contributed by atoms with Crippen LogP contribution in [0.3, 0.4) is 0 Å². The highest BCUT2D eigenvalue weighted by molar-refractivity contribution is 5.95. The molecule has 1 fully saturated rings. The lowest BCUT2D eigenvalue weighted by atomic mass is 10.0. The average Bonchev–Trinajstić information content (AvgIpc) is 2.48. The first-order valence-electron chi connectivity index (χ1n) is 7.71. The maximum atomic E-state index is 13.3. The number of rotatable bonds is 5. The van der Waals surface area contributed by atoms with Crippen molar-refractivity contribution in [3.63, 3.8) is 0 Å². The first-order chi connectivity index (χ1) is 10.7. The molecule has 6 heteroatoms. The number of nitrogens with one attached hydrogen (secondary N) is 1. The zero-order chi connectivity index (χ0) is 17.6. The number of nitrogens with zero attached hydrogens (tertiary/aromatic N) is 1. The van der Waals surface area contributed by atoms with Gasteiger partial charge < -0.3 is 16.3 Å². The molecule has 1 amide bonds. The predicted octanol–water partition coefficient (Wildman–Crippen LogP) is 3.40. The third-order valence-corrected chi connectivity index (χ3v) is 3.97. The first kappa shape index (κ1) is 19.5. The number of piperazine rings is 1. The molecular formula is C17H24F3N2O-. The van der Waals surface area contributed by atoms with Crippen LogP contribution in [-0.4, -0.2) is 42.2 Å². The molecule has 1 heterocycles. The number of alkyl halides is 3. The molecule has 0 aromatic carbocycles. The summed E-state index contributed by atoms with van der Waals surface area (Å²) in [6, 6.07) is -0.239. The maximum Gasteiger partial charge on any atom is 0.416 e. The molecule has 130 valence electrons. The van der Waals surface area contributed by atoms with Gasteiger partial charge in [-0.3, -0.25) is 11.4 Å². The average molecular weight is 329 g/mol. The Bertz CT molecular complexity index is 495. The molecule has 1 rings (SSSR count). The Balaban J connectivity index is 3.19. The van der Waals surface area contributed by atoms with E-state index in [1.165, 1.54) is 13.0 Å². The Kier molecular flexibility index (Phi) is 7.06. The van der Waals surface area contributed by atoms with E-state index >= 15 is 0 Å². The number of carbonyl (C=O) groups excluding carboxylic acids is 1. The summed E-state index contributed by atoms with van der Waals surface area (Å²) in [6.45, 7) is 9.54. The van der Waals surface area contributed by atoms with Gasteiger partial charge in [-0.05, 0) is 20.3 Å². The molecule has 1 saturated heterocycles. The van der Waals surface area contributed by atoms with E-state index in [-0.39, 0.29) is 24.1 Å². The van der Waals surface area contributed by atoms with Crippen LogP contribution in [0.4, 0.5) is 13.2 Å². The maximum absolute atomic E-state index is 13.3. The quantitative estimate of drug-likeness (QED) is 0.476. The molecule has 0 bridgehead atoms. The Labute approximate surface area is 135 Å². The minimum absolute atomic E-state index is 0.0961. The van der Waals surface area contributed by atoms with Crippen molar-refractivity contribution in [2.75, 3.05) is 13.1 Å². The summed E-state index contributed by atoms with van der Waals surface area (Å²) in [6.07, 6.45) is 1.07. The second-order valence-electron chi connectivity index (χ2n) is 5.67. The van der Waals surface area contributed by atoms with E-state index in [1.54, 1.807) is 4.90 Å². The summed E-state index contributed by atoms with van der Waals surface area (Å²) < 4.78 is 39.8. The van der Waals surface area contributed by atoms with E-state index in [1.807, 2.05) is 13.8 Å². The van der Waals surface area contributed by atoms with Gasteiger partial charge in [0.2, 0.25) is 0 Å². The highest BCUT2D eigenvalue weighted by atomic mass is 19.4. The fraction of sp³-hybridized carbons (Fsp3) is 0.588. The summed E-state index contributed by atoms with van der Waals surface area (Å²) in [5.41, 5.74) is -1.18. The lowest BCUT2D eigenvalue weighted by Crippen LogP contribution is -2.58. The summed E-state index contributed by atoms with van der Waals surface area (Å²) in [5, 5.41) is 3.20. The molecule has 0 saturated carbocycles. The van der Waals surface area contributed by atoms with Gasteiger partial charge in [0.25, 0.3) is 5.91 Å². The van der Waals surface area contributed by atoms with Gasteiger partial charge in [-0.2, -0.15) is 19.6 Å². The number of halogens is 3. The number of amides is 1. The topological polar surface area (TPSA) is 32.3 Å². The summed E-state index contributed by atoms with van der Waals surface area (Å²) in [7, 11) is 0. The van der Waals surface area contributed by atoms with E-state index in [2.05, 4.69) is 18.0 Å². The van der Waals surface area contributed by atoms with Crippen molar-refractivity contribution in [2.45, 2.75) is 51.9 Å². The van der Waals surface area contributed by atoms with Gasteiger partial charge in [-0.15, -0.1) is 6.08 Å². The SMILES string of the molecule is C=[C-]C/C=C\C(=C(/C)C(=O)N1C(C)CNCC1CC)C(F)(F)F. The predicted molar refractivity (Wildman–Crippen MR) is 84.6 cm³/mol. The molecule has 1 N–H and O–H groups in total. The van der Waals surface area contributed by atoms with Crippen molar-refractivity contribution < 1.29 is 18.0 Å². The third kappa shape index (κ3) is 4.96. The fourth-order valence-corrected chi connectivity index (χ4v) is 2.72. The summed E-state index contributed by atoms with van der Waals surface area (Å²) >= 11 is 0. The van der Waals surface area contributed by atoms with Gasteiger partial charge in [0.15, 0.2) is 0 Å². The van der Waals surface area contributed by atoms with Gasteiger partial charge >= 0.3 is 6.18 Å². The standard InChI is InChI=1S/C17H24F3N2O/c1-5-7-8-9-15(17(18,19)20)13(4)16(23)22-12(3)10-21-11-14(22)6-2/h8-9,12,14,21H,1,6-7,10-11H2,2-4H3/q-1/b9-8-,15-13-. The summed E-state index contributed by atoms with van der Waals surface area (Å²) in [5.74, 6) is -0.551. The lowest BCUT2D eigenvalue weighted by molar-refractivity contribution is -0.134. The van der Waals surface area contributed by atoms with Crippen LogP contribution >= 0.6 is 0 Å². The van der Waals surface area contributed by atoms with Crippen LogP contribution in [0.15, 0.2) is 29.9 Å². The van der Waals surface area contributed by atoms with Crippen LogP contribution in [0.1, 0.15) is 33.6 Å². The molecule has 0 aliphatic carbocycles.